The van der Waals surface area contributed by atoms with Crippen LogP contribution in [0.5, 0.6) is 0 Å². The van der Waals surface area contributed by atoms with E-state index in [2.05, 4.69) is 31.2 Å². The number of hydrogen-bond donors (Lipinski definition) is 0. The van der Waals surface area contributed by atoms with Crippen LogP contribution in [0.1, 0.15) is 49.7 Å². The highest BCUT2D eigenvalue weighted by atomic mass is 14.4. The first kappa shape index (κ1) is 9.45. The SMILES string of the molecule is C[C@H]1c2ccccc2C[C@@H]2CCCC[C@@H]21. The Balaban J connectivity index is 1.98. The van der Waals surface area contributed by atoms with Crippen molar-refractivity contribution in [3.8, 4) is 0 Å². The molecule has 1 fully saturated rings. The standard InChI is InChI=1S/C15H20/c1-11-14-8-4-2-6-12(14)10-13-7-3-5-9-15(11)13/h2,4,6,8,11,13,15H,3,5,7,9-10H2,1H3/t11-,13-,15+/m0/s1. The fourth-order valence-corrected chi connectivity index (χ4v) is 3.83. The zero-order valence-corrected chi connectivity index (χ0v) is 9.58. The first-order valence-electron chi connectivity index (χ1n) is 6.44. The van der Waals surface area contributed by atoms with E-state index in [0.717, 1.165) is 17.8 Å². The summed E-state index contributed by atoms with van der Waals surface area (Å²) in [6, 6.07) is 9.11. The lowest BCUT2D eigenvalue weighted by Crippen LogP contribution is -2.30. The molecule has 0 nitrogen and oxygen atoms in total. The van der Waals surface area contributed by atoms with Crippen molar-refractivity contribution in [3.63, 3.8) is 0 Å². The minimum Gasteiger partial charge on any atom is -0.0620 e. The third-order valence-corrected chi connectivity index (χ3v) is 4.64. The van der Waals surface area contributed by atoms with Crippen LogP contribution in [0.4, 0.5) is 0 Å². The summed E-state index contributed by atoms with van der Waals surface area (Å²) in [5.74, 6) is 2.78. The molecule has 0 unspecified atom stereocenters. The molecule has 0 heterocycles. The van der Waals surface area contributed by atoms with Crippen LogP contribution < -0.4 is 0 Å². The van der Waals surface area contributed by atoms with E-state index in [4.69, 9.17) is 0 Å². The molecule has 0 saturated heterocycles. The van der Waals surface area contributed by atoms with Gasteiger partial charge in [0.1, 0.15) is 0 Å². The van der Waals surface area contributed by atoms with Crippen LogP contribution in [0.2, 0.25) is 0 Å². The van der Waals surface area contributed by atoms with Crippen molar-refractivity contribution in [2.45, 2.75) is 44.9 Å². The maximum absolute atomic E-state index is 2.45. The molecule has 3 rings (SSSR count). The predicted molar refractivity (Wildman–Crippen MR) is 64.0 cm³/mol. The van der Waals surface area contributed by atoms with Gasteiger partial charge in [0.2, 0.25) is 0 Å². The Labute approximate surface area is 92.7 Å². The summed E-state index contributed by atoms with van der Waals surface area (Å²) in [4.78, 5) is 0. The van der Waals surface area contributed by atoms with Gasteiger partial charge in [-0.05, 0) is 48.1 Å². The van der Waals surface area contributed by atoms with Gasteiger partial charge in [0, 0.05) is 0 Å². The summed E-state index contributed by atoms with van der Waals surface area (Å²) >= 11 is 0. The van der Waals surface area contributed by atoms with Crippen molar-refractivity contribution in [1.29, 1.82) is 0 Å². The lowest BCUT2D eigenvalue weighted by atomic mass is 9.64. The first-order valence-corrected chi connectivity index (χ1v) is 6.44. The van der Waals surface area contributed by atoms with Crippen molar-refractivity contribution in [2.75, 3.05) is 0 Å². The second-order valence-corrected chi connectivity index (χ2v) is 5.40. The number of benzene rings is 1. The average molecular weight is 200 g/mol. The summed E-state index contributed by atoms with van der Waals surface area (Å²) in [5, 5.41) is 0. The summed E-state index contributed by atoms with van der Waals surface area (Å²) in [6.45, 7) is 2.45. The van der Waals surface area contributed by atoms with Crippen molar-refractivity contribution in [3.05, 3.63) is 35.4 Å². The first-order chi connectivity index (χ1) is 7.36. The lowest BCUT2D eigenvalue weighted by molar-refractivity contribution is 0.191. The van der Waals surface area contributed by atoms with Gasteiger partial charge in [-0.2, -0.15) is 0 Å². The van der Waals surface area contributed by atoms with E-state index in [1.807, 2.05) is 0 Å². The molecule has 3 atom stereocenters. The molecule has 80 valence electrons. The van der Waals surface area contributed by atoms with Gasteiger partial charge in [0.25, 0.3) is 0 Å². The van der Waals surface area contributed by atoms with Crippen molar-refractivity contribution in [2.24, 2.45) is 11.8 Å². The molecule has 1 aromatic rings. The zero-order chi connectivity index (χ0) is 10.3. The molecule has 2 aliphatic rings. The quantitative estimate of drug-likeness (QED) is 0.590. The van der Waals surface area contributed by atoms with Gasteiger partial charge in [-0.25, -0.2) is 0 Å². The van der Waals surface area contributed by atoms with Crippen LogP contribution in [0.25, 0.3) is 0 Å². The molecule has 0 amide bonds. The number of rotatable bonds is 0. The van der Waals surface area contributed by atoms with E-state index in [9.17, 15) is 0 Å². The highest BCUT2D eigenvalue weighted by Crippen LogP contribution is 2.46. The molecule has 1 saturated carbocycles. The van der Waals surface area contributed by atoms with Gasteiger partial charge >= 0.3 is 0 Å². The van der Waals surface area contributed by atoms with Gasteiger partial charge in [-0.3, -0.25) is 0 Å². The number of fused-ring (bicyclic) bond motifs is 2. The average Bonchev–Trinajstić information content (AvgIpc) is 2.30. The van der Waals surface area contributed by atoms with Crippen LogP contribution in [0.15, 0.2) is 24.3 Å². The van der Waals surface area contributed by atoms with Crippen molar-refractivity contribution >= 4 is 0 Å². The molecule has 0 spiro atoms. The topological polar surface area (TPSA) is 0 Å². The monoisotopic (exact) mass is 200 g/mol. The van der Waals surface area contributed by atoms with Crippen LogP contribution >= 0.6 is 0 Å². The second-order valence-electron chi connectivity index (χ2n) is 5.40. The maximum Gasteiger partial charge on any atom is -0.0157 e. The highest BCUT2D eigenvalue weighted by Gasteiger charge is 2.34. The Bertz CT molecular complexity index is 353. The Kier molecular flexibility index (Phi) is 2.31. The largest absolute Gasteiger partial charge is 0.0620 e. The van der Waals surface area contributed by atoms with E-state index in [1.54, 1.807) is 11.1 Å². The van der Waals surface area contributed by atoms with Crippen LogP contribution in [0.3, 0.4) is 0 Å². The van der Waals surface area contributed by atoms with Gasteiger partial charge < -0.3 is 0 Å². The Morgan fingerprint density at radius 2 is 1.87 bits per heavy atom. The summed E-state index contributed by atoms with van der Waals surface area (Å²) < 4.78 is 0. The van der Waals surface area contributed by atoms with E-state index in [0.29, 0.717) is 0 Å². The molecule has 1 aromatic carbocycles. The smallest absolute Gasteiger partial charge is 0.0157 e. The molecule has 0 radical (unpaired) electrons. The molecule has 0 heteroatoms. The number of hydrogen-bond acceptors (Lipinski definition) is 0. The summed E-state index contributed by atoms with van der Waals surface area (Å²) in [7, 11) is 0. The van der Waals surface area contributed by atoms with Gasteiger partial charge in [-0.1, -0.05) is 44.0 Å². The molecule has 15 heavy (non-hydrogen) atoms. The van der Waals surface area contributed by atoms with Crippen LogP contribution in [-0.4, -0.2) is 0 Å². The van der Waals surface area contributed by atoms with Crippen molar-refractivity contribution in [1.82, 2.24) is 0 Å². The predicted octanol–water partition coefficient (Wildman–Crippen LogP) is 4.15. The van der Waals surface area contributed by atoms with E-state index >= 15 is 0 Å². The molecule has 0 bridgehead atoms. The lowest BCUT2D eigenvalue weighted by Gasteiger charge is -2.41. The molecule has 0 N–H and O–H groups in total. The third kappa shape index (κ3) is 1.51. The third-order valence-electron chi connectivity index (χ3n) is 4.64. The minimum absolute atomic E-state index is 0.806. The van der Waals surface area contributed by atoms with Gasteiger partial charge in [0.05, 0.1) is 0 Å². The summed E-state index contributed by atoms with van der Waals surface area (Å²) in [6.07, 6.45) is 7.23. The Hall–Kier alpha value is -0.780. The Morgan fingerprint density at radius 3 is 2.80 bits per heavy atom. The minimum atomic E-state index is 0.806. The van der Waals surface area contributed by atoms with Gasteiger partial charge in [-0.15, -0.1) is 0 Å². The molecule has 0 aliphatic heterocycles. The van der Waals surface area contributed by atoms with Crippen LogP contribution in [-0.2, 0) is 6.42 Å². The summed E-state index contributed by atoms with van der Waals surface area (Å²) in [5.41, 5.74) is 3.27. The fourth-order valence-electron chi connectivity index (χ4n) is 3.83. The van der Waals surface area contributed by atoms with E-state index in [1.165, 1.54) is 32.1 Å². The maximum atomic E-state index is 2.45. The molecule has 0 aromatic heterocycles. The van der Waals surface area contributed by atoms with Gasteiger partial charge in [0.15, 0.2) is 0 Å². The fraction of sp³-hybridized carbons (Fsp3) is 0.600. The van der Waals surface area contributed by atoms with E-state index < -0.39 is 0 Å². The normalized spacial score (nSPS) is 34.3. The van der Waals surface area contributed by atoms with Crippen LogP contribution in [0, 0.1) is 11.8 Å². The van der Waals surface area contributed by atoms with E-state index in [-0.39, 0.29) is 0 Å². The Morgan fingerprint density at radius 1 is 1.07 bits per heavy atom. The highest BCUT2D eigenvalue weighted by molar-refractivity contribution is 5.33. The zero-order valence-electron chi connectivity index (χ0n) is 9.58. The molecule has 2 aliphatic carbocycles. The molecular formula is C15H20. The van der Waals surface area contributed by atoms with Crippen molar-refractivity contribution < 1.29 is 0 Å². The molecular weight excluding hydrogens is 180 g/mol. The second kappa shape index (κ2) is 3.66.